The SMILES string of the molecule is CCNC(c1cncc(OC)c1)C1CCCc2sccc21. The second-order valence-corrected chi connectivity index (χ2v) is 6.49. The monoisotopic (exact) mass is 302 g/mol. The molecule has 3 nitrogen and oxygen atoms in total. The van der Waals surface area contributed by atoms with Gasteiger partial charge in [-0.3, -0.25) is 4.98 Å². The number of thiophene rings is 1. The Bertz CT molecular complexity index is 596. The zero-order valence-corrected chi connectivity index (χ0v) is 13.5. The zero-order valence-electron chi connectivity index (χ0n) is 12.6. The Labute approximate surface area is 130 Å². The fraction of sp³-hybridized carbons (Fsp3) is 0.471. The number of rotatable bonds is 5. The molecule has 3 rings (SSSR count). The van der Waals surface area contributed by atoms with Gasteiger partial charge in [-0.25, -0.2) is 0 Å². The first-order valence-electron chi connectivity index (χ1n) is 7.62. The van der Waals surface area contributed by atoms with Crippen molar-refractivity contribution in [2.45, 2.75) is 38.1 Å². The molecule has 4 heteroatoms. The van der Waals surface area contributed by atoms with Crippen molar-refractivity contribution in [1.82, 2.24) is 10.3 Å². The molecule has 2 unspecified atom stereocenters. The van der Waals surface area contributed by atoms with E-state index in [9.17, 15) is 0 Å². The lowest BCUT2D eigenvalue weighted by Gasteiger charge is -2.31. The molecule has 0 aliphatic heterocycles. The van der Waals surface area contributed by atoms with Crippen LogP contribution in [0.25, 0.3) is 0 Å². The summed E-state index contributed by atoms with van der Waals surface area (Å²) in [4.78, 5) is 5.89. The van der Waals surface area contributed by atoms with Crippen molar-refractivity contribution >= 4 is 11.3 Å². The molecule has 0 aromatic carbocycles. The van der Waals surface area contributed by atoms with Crippen LogP contribution in [-0.4, -0.2) is 18.6 Å². The molecule has 0 saturated heterocycles. The summed E-state index contributed by atoms with van der Waals surface area (Å²) >= 11 is 1.90. The van der Waals surface area contributed by atoms with Crippen LogP contribution in [0.15, 0.2) is 29.9 Å². The van der Waals surface area contributed by atoms with Crippen LogP contribution < -0.4 is 10.1 Å². The van der Waals surface area contributed by atoms with Gasteiger partial charge in [0.2, 0.25) is 0 Å². The van der Waals surface area contributed by atoms with Crippen molar-refractivity contribution in [3.8, 4) is 5.75 Å². The summed E-state index contributed by atoms with van der Waals surface area (Å²) in [7, 11) is 1.70. The molecule has 0 amide bonds. The van der Waals surface area contributed by atoms with Gasteiger partial charge in [-0.1, -0.05) is 6.92 Å². The van der Waals surface area contributed by atoms with E-state index in [0.29, 0.717) is 12.0 Å². The molecular formula is C17H22N2OS. The van der Waals surface area contributed by atoms with E-state index >= 15 is 0 Å². The normalized spacial score (nSPS) is 19.0. The molecule has 1 aliphatic rings. The van der Waals surface area contributed by atoms with Gasteiger partial charge < -0.3 is 10.1 Å². The standard InChI is InChI=1S/C17H22N2OS/c1-3-19-17(12-9-13(20-2)11-18-10-12)15-5-4-6-16-14(15)7-8-21-16/h7-11,15,17,19H,3-6H2,1-2H3. The molecule has 112 valence electrons. The summed E-state index contributed by atoms with van der Waals surface area (Å²) in [6.45, 7) is 3.12. The summed E-state index contributed by atoms with van der Waals surface area (Å²) < 4.78 is 5.34. The van der Waals surface area contributed by atoms with Crippen molar-refractivity contribution in [2.24, 2.45) is 0 Å². The van der Waals surface area contributed by atoms with E-state index in [1.807, 2.05) is 17.5 Å². The van der Waals surface area contributed by atoms with Gasteiger partial charge in [-0.2, -0.15) is 0 Å². The van der Waals surface area contributed by atoms with Gasteiger partial charge in [-0.15, -0.1) is 11.3 Å². The molecule has 2 atom stereocenters. The van der Waals surface area contributed by atoms with Crippen molar-refractivity contribution in [3.05, 3.63) is 45.9 Å². The topological polar surface area (TPSA) is 34.2 Å². The third-order valence-electron chi connectivity index (χ3n) is 4.25. The zero-order chi connectivity index (χ0) is 14.7. The minimum Gasteiger partial charge on any atom is -0.495 e. The first-order chi connectivity index (χ1) is 10.3. The first kappa shape index (κ1) is 14.5. The van der Waals surface area contributed by atoms with E-state index in [2.05, 4.69) is 34.7 Å². The van der Waals surface area contributed by atoms with Crippen molar-refractivity contribution < 1.29 is 4.74 Å². The van der Waals surface area contributed by atoms with E-state index in [-0.39, 0.29) is 0 Å². The maximum absolute atomic E-state index is 5.34. The first-order valence-corrected chi connectivity index (χ1v) is 8.50. The van der Waals surface area contributed by atoms with E-state index in [4.69, 9.17) is 4.74 Å². The molecule has 0 bridgehead atoms. The number of aromatic nitrogens is 1. The minimum atomic E-state index is 0.311. The quantitative estimate of drug-likeness (QED) is 0.909. The van der Waals surface area contributed by atoms with E-state index in [1.165, 1.54) is 30.4 Å². The molecule has 1 N–H and O–H groups in total. The molecule has 0 saturated carbocycles. The van der Waals surface area contributed by atoms with Crippen LogP contribution in [0.5, 0.6) is 5.75 Å². The second-order valence-electron chi connectivity index (χ2n) is 5.49. The fourth-order valence-corrected chi connectivity index (χ4v) is 4.29. The summed E-state index contributed by atoms with van der Waals surface area (Å²) in [6.07, 6.45) is 7.48. The average Bonchev–Trinajstić information content (AvgIpc) is 3.01. The third-order valence-corrected chi connectivity index (χ3v) is 5.25. The Hall–Kier alpha value is -1.39. The van der Waals surface area contributed by atoms with Crippen molar-refractivity contribution in [2.75, 3.05) is 13.7 Å². The number of ether oxygens (including phenoxy) is 1. The molecule has 2 aromatic heterocycles. The number of aryl methyl sites for hydroxylation is 1. The van der Waals surface area contributed by atoms with Gasteiger partial charge in [-0.05, 0) is 54.4 Å². The minimum absolute atomic E-state index is 0.311. The number of hydrogen-bond donors (Lipinski definition) is 1. The molecule has 2 aromatic rings. The number of fused-ring (bicyclic) bond motifs is 1. The fourth-order valence-electron chi connectivity index (χ4n) is 3.30. The number of likely N-dealkylation sites (N-methyl/N-ethyl adjacent to an activating group) is 1. The Kier molecular flexibility index (Phi) is 4.56. The summed E-state index contributed by atoms with van der Waals surface area (Å²) in [5, 5.41) is 5.89. The highest BCUT2D eigenvalue weighted by molar-refractivity contribution is 7.10. The Morgan fingerprint density at radius 1 is 1.48 bits per heavy atom. The number of methoxy groups -OCH3 is 1. The predicted molar refractivity (Wildman–Crippen MR) is 87.2 cm³/mol. The average molecular weight is 302 g/mol. The number of nitrogens with one attached hydrogen (secondary N) is 1. The smallest absolute Gasteiger partial charge is 0.137 e. The number of pyridine rings is 1. The van der Waals surface area contributed by atoms with E-state index in [0.717, 1.165) is 12.3 Å². The highest BCUT2D eigenvalue weighted by Gasteiger charge is 2.29. The van der Waals surface area contributed by atoms with Crippen LogP contribution in [0.3, 0.4) is 0 Å². The van der Waals surface area contributed by atoms with Crippen LogP contribution in [0.1, 0.15) is 47.7 Å². The van der Waals surface area contributed by atoms with Crippen LogP contribution in [-0.2, 0) is 6.42 Å². The van der Waals surface area contributed by atoms with Gasteiger partial charge in [0.05, 0.1) is 13.3 Å². The van der Waals surface area contributed by atoms with Crippen molar-refractivity contribution in [1.29, 1.82) is 0 Å². The Balaban J connectivity index is 1.95. The largest absolute Gasteiger partial charge is 0.495 e. The molecule has 21 heavy (non-hydrogen) atoms. The Morgan fingerprint density at radius 3 is 3.19 bits per heavy atom. The lowest BCUT2D eigenvalue weighted by Crippen LogP contribution is -2.29. The Morgan fingerprint density at radius 2 is 2.38 bits per heavy atom. The lowest BCUT2D eigenvalue weighted by atomic mass is 9.80. The number of nitrogens with zero attached hydrogens (tertiary/aromatic N) is 1. The maximum atomic E-state index is 5.34. The summed E-state index contributed by atoms with van der Waals surface area (Å²) in [5.74, 6) is 1.37. The molecule has 0 spiro atoms. The van der Waals surface area contributed by atoms with E-state index < -0.39 is 0 Å². The van der Waals surface area contributed by atoms with Gasteiger partial charge in [0.25, 0.3) is 0 Å². The van der Waals surface area contributed by atoms with E-state index in [1.54, 1.807) is 18.2 Å². The molecule has 1 aliphatic carbocycles. The highest BCUT2D eigenvalue weighted by atomic mass is 32.1. The van der Waals surface area contributed by atoms with Gasteiger partial charge in [0.15, 0.2) is 0 Å². The van der Waals surface area contributed by atoms with Crippen LogP contribution in [0.4, 0.5) is 0 Å². The predicted octanol–water partition coefficient (Wildman–Crippen LogP) is 3.92. The molecule has 2 heterocycles. The van der Waals surface area contributed by atoms with Gasteiger partial charge >= 0.3 is 0 Å². The molecular weight excluding hydrogens is 280 g/mol. The van der Waals surface area contributed by atoms with Crippen molar-refractivity contribution in [3.63, 3.8) is 0 Å². The van der Waals surface area contributed by atoms with Gasteiger partial charge in [0.1, 0.15) is 5.75 Å². The van der Waals surface area contributed by atoms with Crippen LogP contribution in [0, 0.1) is 0 Å². The summed E-state index contributed by atoms with van der Waals surface area (Å²) in [6, 6.07) is 4.73. The molecule has 0 radical (unpaired) electrons. The van der Waals surface area contributed by atoms with Crippen LogP contribution in [0.2, 0.25) is 0 Å². The number of hydrogen-bond acceptors (Lipinski definition) is 4. The second kappa shape index (κ2) is 6.58. The van der Waals surface area contributed by atoms with Gasteiger partial charge in [0, 0.05) is 23.0 Å². The lowest BCUT2D eigenvalue weighted by molar-refractivity contribution is 0.397. The third kappa shape index (κ3) is 2.97. The summed E-state index contributed by atoms with van der Waals surface area (Å²) in [5.41, 5.74) is 2.75. The highest BCUT2D eigenvalue weighted by Crippen LogP contribution is 2.42. The molecule has 0 fully saturated rings. The maximum Gasteiger partial charge on any atom is 0.137 e. The van der Waals surface area contributed by atoms with Crippen LogP contribution >= 0.6 is 11.3 Å².